The third-order valence-electron chi connectivity index (χ3n) is 2.56. The lowest BCUT2D eigenvalue weighted by atomic mass is 10.1. The minimum absolute atomic E-state index is 0.0419. The molecule has 0 aliphatic rings. The molecule has 0 unspecified atom stereocenters. The lowest BCUT2D eigenvalue weighted by Crippen LogP contribution is -1.98. The summed E-state index contributed by atoms with van der Waals surface area (Å²) in [6.45, 7) is 0. The number of phenolic OH excluding ortho intramolecular Hbond substituents is 1. The average Bonchev–Trinajstić information content (AvgIpc) is 2.62. The Kier molecular flexibility index (Phi) is 2.85. The molecule has 0 radical (unpaired) electrons. The number of ether oxygens (including phenoxy) is 1. The van der Waals surface area contributed by atoms with Crippen LogP contribution in [0.25, 0.3) is 11.1 Å². The van der Waals surface area contributed by atoms with E-state index in [9.17, 15) is 5.11 Å². The van der Waals surface area contributed by atoms with Gasteiger partial charge in [-0.05, 0) is 12.1 Å². The molecule has 0 bridgehead atoms. The predicted octanol–water partition coefficient (Wildman–Crippen LogP) is 2.04. The molecule has 0 spiro atoms. The molecule has 5 nitrogen and oxygen atoms in total. The fourth-order valence-corrected chi connectivity index (χ4v) is 1.86. The van der Waals surface area contributed by atoms with E-state index in [-0.39, 0.29) is 5.75 Å². The number of anilines is 1. The Morgan fingerprint density at radius 3 is 2.71 bits per heavy atom. The van der Waals surface area contributed by atoms with Gasteiger partial charge in [0.2, 0.25) is 0 Å². The van der Waals surface area contributed by atoms with Gasteiger partial charge in [-0.15, -0.1) is 0 Å². The monoisotopic (exact) mass is 253 g/mol. The van der Waals surface area contributed by atoms with Crippen LogP contribution in [-0.2, 0) is 7.05 Å². The van der Waals surface area contributed by atoms with E-state index in [1.807, 2.05) is 0 Å². The van der Waals surface area contributed by atoms with E-state index < -0.39 is 0 Å². The SMILES string of the molecule is COc1ccc(Cl)c(-c2cnn(C)c2N)c1O. The second kappa shape index (κ2) is 4.18. The number of aryl methyl sites for hydroxylation is 1. The van der Waals surface area contributed by atoms with Gasteiger partial charge < -0.3 is 15.6 Å². The summed E-state index contributed by atoms with van der Waals surface area (Å²) in [7, 11) is 3.18. The van der Waals surface area contributed by atoms with Crippen molar-refractivity contribution in [1.29, 1.82) is 0 Å². The van der Waals surface area contributed by atoms with Crippen molar-refractivity contribution in [2.75, 3.05) is 12.8 Å². The molecule has 0 amide bonds. The molecule has 1 aromatic heterocycles. The smallest absolute Gasteiger partial charge is 0.167 e. The molecule has 0 aliphatic heterocycles. The number of phenols is 1. The third-order valence-corrected chi connectivity index (χ3v) is 2.88. The first-order chi connectivity index (χ1) is 8.06. The van der Waals surface area contributed by atoms with Crippen molar-refractivity contribution < 1.29 is 9.84 Å². The van der Waals surface area contributed by atoms with Crippen LogP contribution >= 0.6 is 11.6 Å². The van der Waals surface area contributed by atoms with E-state index in [1.165, 1.54) is 11.8 Å². The highest BCUT2D eigenvalue weighted by Crippen LogP contribution is 2.43. The Hall–Kier alpha value is -1.88. The van der Waals surface area contributed by atoms with E-state index in [0.717, 1.165) is 0 Å². The molecule has 0 atom stereocenters. The van der Waals surface area contributed by atoms with Gasteiger partial charge in [-0.25, -0.2) is 0 Å². The van der Waals surface area contributed by atoms with E-state index >= 15 is 0 Å². The molecule has 3 N–H and O–H groups in total. The Morgan fingerprint density at radius 2 is 2.18 bits per heavy atom. The van der Waals surface area contributed by atoms with Gasteiger partial charge in [0.15, 0.2) is 11.5 Å². The van der Waals surface area contributed by atoms with Crippen LogP contribution in [-0.4, -0.2) is 22.0 Å². The van der Waals surface area contributed by atoms with Crippen molar-refractivity contribution in [2.45, 2.75) is 0 Å². The Labute approximate surface area is 103 Å². The number of benzene rings is 1. The van der Waals surface area contributed by atoms with Crippen LogP contribution in [0.3, 0.4) is 0 Å². The summed E-state index contributed by atoms with van der Waals surface area (Å²) in [5.74, 6) is 0.725. The number of methoxy groups -OCH3 is 1. The van der Waals surface area contributed by atoms with Crippen LogP contribution in [0.15, 0.2) is 18.3 Å². The standard InChI is InChI=1S/C11H12ClN3O2/c1-15-11(13)6(5-14-15)9-7(12)3-4-8(17-2)10(9)16/h3-5,16H,13H2,1-2H3. The van der Waals surface area contributed by atoms with Crippen LogP contribution in [0.4, 0.5) is 5.82 Å². The van der Waals surface area contributed by atoms with Crippen molar-refractivity contribution in [3.63, 3.8) is 0 Å². The number of aromatic nitrogens is 2. The van der Waals surface area contributed by atoms with Crippen LogP contribution < -0.4 is 10.5 Å². The van der Waals surface area contributed by atoms with E-state index in [4.69, 9.17) is 22.1 Å². The van der Waals surface area contributed by atoms with Crippen molar-refractivity contribution in [3.8, 4) is 22.6 Å². The lowest BCUT2D eigenvalue weighted by Gasteiger charge is -2.10. The van der Waals surface area contributed by atoms with Gasteiger partial charge in [0, 0.05) is 12.6 Å². The summed E-state index contributed by atoms with van der Waals surface area (Å²) >= 11 is 6.07. The van der Waals surface area contributed by atoms with Gasteiger partial charge in [-0.3, -0.25) is 4.68 Å². The number of aromatic hydroxyl groups is 1. The maximum absolute atomic E-state index is 10.1. The zero-order valence-electron chi connectivity index (χ0n) is 9.44. The topological polar surface area (TPSA) is 73.3 Å². The number of nitrogens with zero attached hydrogens (tertiary/aromatic N) is 2. The fraction of sp³-hybridized carbons (Fsp3) is 0.182. The third kappa shape index (κ3) is 1.78. The van der Waals surface area contributed by atoms with Gasteiger partial charge in [0.1, 0.15) is 5.82 Å². The number of hydrogen-bond acceptors (Lipinski definition) is 4. The largest absolute Gasteiger partial charge is 0.504 e. The molecule has 2 aromatic rings. The highest BCUT2D eigenvalue weighted by molar-refractivity contribution is 6.34. The van der Waals surface area contributed by atoms with Crippen molar-refractivity contribution >= 4 is 17.4 Å². The first-order valence-electron chi connectivity index (χ1n) is 4.89. The van der Waals surface area contributed by atoms with Crippen LogP contribution in [0.5, 0.6) is 11.5 Å². The van der Waals surface area contributed by atoms with Gasteiger partial charge >= 0.3 is 0 Å². The van der Waals surface area contributed by atoms with Crippen molar-refractivity contribution in [2.24, 2.45) is 7.05 Å². The number of nitrogen functional groups attached to an aromatic ring is 1. The summed E-state index contributed by atoms with van der Waals surface area (Å²) in [6.07, 6.45) is 1.55. The summed E-state index contributed by atoms with van der Waals surface area (Å²) in [6, 6.07) is 3.23. The first-order valence-corrected chi connectivity index (χ1v) is 5.27. The Morgan fingerprint density at radius 1 is 1.47 bits per heavy atom. The second-order valence-corrected chi connectivity index (χ2v) is 3.95. The van der Waals surface area contributed by atoms with Crippen LogP contribution in [0, 0.1) is 0 Å². The molecule has 2 rings (SSSR count). The van der Waals surface area contributed by atoms with Gasteiger partial charge in [0.25, 0.3) is 0 Å². The maximum Gasteiger partial charge on any atom is 0.167 e. The molecule has 17 heavy (non-hydrogen) atoms. The highest BCUT2D eigenvalue weighted by Gasteiger charge is 2.18. The minimum Gasteiger partial charge on any atom is -0.504 e. The Bertz CT molecular complexity index is 566. The average molecular weight is 254 g/mol. The highest BCUT2D eigenvalue weighted by atomic mass is 35.5. The summed E-state index contributed by atoms with van der Waals surface area (Å²) in [5, 5.41) is 14.5. The van der Waals surface area contributed by atoms with E-state index in [2.05, 4.69) is 5.10 Å². The molecule has 0 aliphatic carbocycles. The Balaban J connectivity index is 2.70. The zero-order chi connectivity index (χ0) is 12.6. The number of halogens is 1. The molecule has 0 saturated carbocycles. The van der Waals surface area contributed by atoms with Gasteiger partial charge in [0.05, 0.1) is 23.9 Å². The first kappa shape index (κ1) is 11.6. The summed E-state index contributed by atoms with van der Waals surface area (Å²) < 4.78 is 6.54. The molecule has 0 fully saturated rings. The van der Waals surface area contributed by atoms with E-state index in [1.54, 1.807) is 25.4 Å². The molecule has 1 heterocycles. The number of nitrogens with two attached hydrogens (primary N) is 1. The van der Waals surface area contributed by atoms with Gasteiger partial charge in [-0.1, -0.05) is 11.6 Å². The molecular weight excluding hydrogens is 242 g/mol. The minimum atomic E-state index is -0.0419. The number of rotatable bonds is 2. The molecule has 6 heteroatoms. The summed E-state index contributed by atoms with van der Waals surface area (Å²) in [4.78, 5) is 0. The lowest BCUT2D eigenvalue weighted by molar-refractivity contribution is 0.374. The number of hydrogen-bond donors (Lipinski definition) is 2. The normalized spacial score (nSPS) is 10.5. The van der Waals surface area contributed by atoms with E-state index in [0.29, 0.717) is 27.7 Å². The van der Waals surface area contributed by atoms with Crippen LogP contribution in [0.2, 0.25) is 5.02 Å². The summed E-state index contributed by atoms with van der Waals surface area (Å²) in [5.41, 5.74) is 6.86. The quantitative estimate of drug-likeness (QED) is 0.859. The maximum atomic E-state index is 10.1. The predicted molar refractivity (Wildman–Crippen MR) is 66.3 cm³/mol. The fourth-order valence-electron chi connectivity index (χ4n) is 1.61. The van der Waals surface area contributed by atoms with Crippen molar-refractivity contribution in [1.82, 2.24) is 9.78 Å². The van der Waals surface area contributed by atoms with Crippen molar-refractivity contribution in [3.05, 3.63) is 23.4 Å². The molecule has 1 aromatic carbocycles. The molecule has 0 saturated heterocycles. The second-order valence-electron chi connectivity index (χ2n) is 3.54. The zero-order valence-corrected chi connectivity index (χ0v) is 10.2. The molecule has 90 valence electrons. The molecular formula is C11H12ClN3O2. The van der Waals surface area contributed by atoms with Gasteiger partial charge in [-0.2, -0.15) is 5.10 Å². The van der Waals surface area contributed by atoms with Crippen LogP contribution in [0.1, 0.15) is 0 Å².